The van der Waals surface area contributed by atoms with Gasteiger partial charge in [-0.3, -0.25) is 9.59 Å². The Morgan fingerprint density at radius 1 is 0.939 bits per heavy atom. The fraction of sp³-hybridized carbons (Fsp3) is 0.400. The number of rotatable bonds is 10. The number of carbonyl (C=O) groups is 3. The van der Waals surface area contributed by atoms with E-state index in [9.17, 15) is 19.5 Å². The lowest BCUT2D eigenvalue weighted by molar-refractivity contribution is -0.143. The topological polar surface area (TPSA) is 114 Å². The number of ether oxygens (including phenoxy) is 2. The van der Waals surface area contributed by atoms with Gasteiger partial charge in [0.15, 0.2) is 6.10 Å². The van der Waals surface area contributed by atoms with Crippen LogP contribution in [-0.2, 0) is 19.1 Å². The fourth-order valence-corrected chi connectivity index (χ4v) is 4.04. The summed E-state index contributed by atoms with van der Waals surface area (Å²) in [4.78, 5) is 36.0. The van der Waals surface area contributed by atoms with Crippen molar-refractivity contribution in [2.75, 3.05) is 26.8 Å². The lowest BCUT2D eigenvalue weighted by Gasteiger charge is -2.20. The Bertz CT molecular complexity index is 960. The molecule has 0 bridgehead atoms. The standard InChI is InChI=1S/C25H30N2O6/c1-15(2)20(24(29)30)12-26-23(28)22(32-3)13-27-25(31)33-14-21-18-10-6-4-8-16(18)17-9-5-7-11-19(17)21/h4-11,15,20-22H,12-14H2,1-3H3,(H,26,28)(H,27,31)(H,29,30). The molecular weight excluding hydrogens is 424 g/mol. The van der Waals surface area contributed by atoms with Gasteiger partial charge in [-0.05, 0) is 28.2 Å². The number of amides is 2. The van der Waals surface area contributed by atoms with Gasteiger partial charge in [-0.15, -0.1) is 0 Å². The van der Waals surface area contributed by atoms with E-state index in [0.717, 1.165) is 22.3 Å². The van der Waals surface area contributed by atoms with Gasteiger partial charge in [0.05, 0.1) is 12.5 Å². The van der Waals surface area contributed by atoms with Crippen LogP contribution in [0, 0.1) is 11.8 Å². The van der Waals surface area contributed by atoms with Gasteiger partial charge in [0.1, 0.15) is 6.61 Å². The number of benzene rings is 2. The second-order valence-corrected chi connectivity index (χ2v) is 8.36. The third kappa shape index (κ3) is 5.70. The van der Waals surface area contributed by atoms with Crippen LogP contribution in [0.1, 0.15) is 30.9 Å². The van der Waals surface area contributed by atoms with Crippen LogP contribution >= 0.6 is 0 Å². The van der Waals surface area contributed by atoms with Gasteiger partial charge in [-0.25, -0.2) is 4.79 Å². The van der Waals surface area contributed by atoms with Crippen molar-refractivity contribution in [1.82, 2.24) is 10.6 Å². The number of carboxylic acids is 1. The number of methoxy groups -OCH3 is 1. The van der Waals surface area contributed by atoms with E-state index in [1.807, 2.05) is 36.4 Å². The molecule has 0 spiro atoms. The Morgan fingerprint density at radius 2 is 1.52 bits per heavy atom. The van der Waals surface area contributed by atoms with E-state index < -0.39 is 30.0 Å². The second kappa shape index (κ2) is 11.0. The second-order valence-electron chi connectivity index (χ2n) is 8.36. The van der Waals surface area contributed by atoms with Crippen LogP contribution in [0.4, 0.5) is 4.79 Å². The first-order valence-electron chi connectivity index (χ1n) is 11.0. The Kier molecular flexibility index (Phi) is 8.06. The van der Waals surface area contributed by atoms with E-state index in [1.165, 1.54) is 7.11 Å². The van der Waals surface area contributed by atoms with E-state index >= 15 is 0 Å². The van der Waals surface area contributed by atoms with Crippen LogP contribution in [0.2, 0.25) is 0 Å². The number of carbonyl (C=O) groups excluding carboxylic acids is 2. The predicted octanol–water partition coefficient (Wildman–Crippen LogP) is 3.01. The lowest BCUT2D eigenvalue weighted by Crippen LogP contribution is -2.46. The quantitative estimate of drug-likeness (QED) is 0.509. The monoisotopic (exact) mass is 454 g/mol. The molecule has 0 saturated carbocycles. The number of alkyl carbamates (subject to hydrolysis) is 1. The first-order chi connectivity index (χ1) is 15.8. The number of aliphatic carboxylic acids is 1. The molecule has 8 heteroatoms. The summed E-state index contributed by atoms with van der Waals surface area (Å²) in [5, 5.41) is 14.4. The average molecular weight is 455 g/mol. The molecule has 0 heterocycles. The largest absolute Gasteiger partial charge is 0.481 e. The van der Waals surface area contributed by atoms with Gasteiger partial charge in [-0.1, -0.05) is 62.4 Å². The van der Waals surface area contributed by atoms with Gasteiger partial charge < -0.3 is 25.2 Å². The van der Waals surface area contributed by atoms with E-state index in [-0.39, 0.29) is 31.5 Å². The molecule has 0 fully saturated rings. The molecule has 3 rings (SSSR count). The zero-order valence-electron chi connectivity index (χ0n) is 19.0. The third-order valence-electron chi connectivity index (χ3n) is 5.97. The number of hydrogen-bond donors (Lipinski definition) is 3. The summed E-state index contributed by atoms with van der Waals surface area (Å²) in [5.74, 6) is -2.38. The molecule has 176 valence electrons. The minimum Gasteiger partial charge on any atom is -0.481 e. The SMILES string of the molecule is COC(CNC(=O)OCC1c2ccccc2-c2ccccc21)C(=O)NCC(C(=O)O)C(C)C. The highest BCUT2D eigenvalue weighted by molar-refractivity contribution is 5.82. The van der Waals surface area contributed by atoms with E-state index in [2.05, 4.69) is 22.8 Å². The summed E-state index contributed by atoms with van der Waals surface area (Å²) < 4.78 is 10.6. The molecule has 0 aromatic heterocycles. The van der Waals surface area contributed by atoms with E-state index in [1.54, 1.807) is 13.8 Å². The van der Waals surface area contributed by atoms with Gasteiger partial charge >= 0.3 is 12.1 Å². The third-order valence-corrected chi connectivity index (χ3v) is 5.97. The van der Waals surface area contributed by atoms with E-state index in [0.29, 0.717) is 0 Å². The minimum atomic E-state index is -0.976. The summed E-state index contributed by atoms with van der Waals surface area (Å²) in [5.41, 5.74) is 4.50. The molecule has 1 aliphatic rings. The van der Waals surface area contributed by atoms with Crippen molar-refractivity contribution in [2.24, 2.45) is 11.8 Å². The summed E-state index contributed by atoms with van der Waals surface area (Å²) >= 11 is 0. The van der Waals surface area contributed by atoms with Crippen molar-refractivity contribution in [2.45, 2.75) is 25.9 Å². The maximum absolute atomic E-state index is 12.4. The summed E-state index contributed by atoms with van der Waals surface area (Å²) in [6.07, 6.45) is -1.62. The Balaban J connectivity index is 1.52. The number of hydrogen-bond acceptors (Lipinski definition) is 5. The number of nitrogens with one attached hydrogen (secondary N) is 2. The molecule has 2 amide bonds. The van der Waals surface area contributed by atoms with Crippen LogP contribution in [0.25, 0.3) is 11.1 Å². The molecular formula is C25H30N2O6. The molecule has 2 atom stereocenters. The molecule has 33 heavy (non-hydrogen) atoms. The van der Waals surface area contributed by atoms with Crippen LogP contribution in [0.15, 0.2) is 48.5 Å². The zero-order valence-corrected chi connectivity index (χ0v) is 19.0. The van der Waals surface area contributed by atoms with Crippen LogP contribution in [0.3, 0.4) is 0 Å². The lowest BCUT2D eigenvalue weighted by atomic mass is 9.96. The van der Waals surface area contributed by atoms with Gasteiger partial charge in [0.2, 0.25) is 0 Å². The highest BCUT2D eigenvalue weighted by Crippen LogP contribution is 2.44. The molecule has 2 unspecified atom stereocenters. The molecule has 1 aliphatic carbocycles. The van der Waals surface area contributed by atoms with Crippen LogP contribution in [-0.4, -0.2) is 56.0 Å². The molecule has 0 saturated heterocycles. The fourth-order valence-electron chi connectivity index (χ4n) is 4.04. The van der Waals surface area contributed by atoms with Crippen molar-refractivity contribution in [3.05, 3.63) is 59.7 Å². The zero-order chi connectivity index (χ0) is 24.0. The Morgan fingerprint density at radius 3 is 2.03 bits per heavy atom. The van der Waals surface area contributed by atoms with E-state index in [4.69, 9.17) is 9.47 Å². The Labute approximate surface area is 193 Å². The minimum absolute atomic E-state index is 0.0172. The number of carboxylic acid groups (broad SMARTS) is 1. The Hall–Kier alpha value is -3.39. The predicted molar refractivity (Wildman–Crippen MR) is 123 cm³/mol. The van der Waals surface area contributed by atoms with Gasteiger partial charge in [0.25, 0.3) is 5.91 Å². The molecule has 2 aromatic carbocycles. The van der Waals surface area contributed by atoms with Crippen molar-refractivity contribution >= 4 is 18.0 Å². The van der Waals surface area contributed by atoms with Crippen molar-refractivity contribution in [3.8, 4) is 11.1 Å². The average Bonchev–Trinajstić information content (AvgIpc) is 3.11. The molecule has 0 radical (unpaired) electrons. The normalized spacial score (nSPS) is 14.2. The highest BCUT2D eigenvalue weighted by Gasteiger charge is 2.29. The smallest absolute Gasteiger partial charge is 0.407 e. The molecule has 3 N–H and O–H groups in total. The van der Waals surface area contributed by atoms with Gasteiger partial charge in [0, 0.05) is 19.6 Å². The van der Waals surface area contributed by atoms with Crippen molar-refractivity contribution < 1.29 is 29.0 Å². The molecule has 0 aliphatic heterocycles. The van der Waals surface area contributed by atoms with Crippen LogP contribution in [0.5, 0.6) is 0 Å². The maximum atomic E-state index is 12.4. The first kappa shape index (κ1) is 24.3. The molecule has 2 aromatic rings. The maximum Gasteiger partial charge on any atom is 0.407 e. The molecule has 8 nitrogen and oxygen atoms in total. The van der Waals surface area contributed by atoms with Gasteiger partial charge in [-0.2, -0.15) is 0 Å². The summed E-state index contributed by atoms with van der Waals surface area (Å²) in [7, 11) is 1.35. The first-order valence-corrected chi connectivity index (χ1v) is 11.0. The summed E-state index contributed by atoms with van der Waals surface area (Å²) in [6.45, 7) is 3.60. The highest BCUT2D eigenvalue weighted by atomic mass is 16.5. The van der Waals surface area contributed by atoms with Crippen LogP contribution < -0.4 is 10.6 Å². The van der Waals surface area contributed by atoms with Crippen molar-refractivity contribution in [1.29, 1.82) is 0 Å². The summed E-state index contributed by atoms with van der Waals surface area (Å²) in [6, 6.07) is 16.1. The number of fused-ring (bicyclic) bond motifs is 3. The van der Waals surface area contributed by atoms with Crippen molar-refractivity contribution in [3.63, 3.8) is 0 Å².